The van der Waals surface area contributed by atoms with E-state index in [1.165, 1.54) is 40.5 Å². The standard InChI is InChI=1S/C37H53N15O23P4/c1-49-14-52(30-21(49)32(57)48-37(40)46-30)33-22(53)15(4-5-66-2)16(71-33)8-70-79(64,65)75-77(60,61)7-6-76(58,59)68-10-18-25(26(67-3)35(73-18)50-12-43-19-27(38)41-11-42-28(19)50)74-78(62,63)69-9-17-23(54)24(55)34(72-17)51-13-44-20-29(51)45-36(39)47-31(20)56/h11-18,22-26,33-35,53-55H,4-10H2,1-3H3,(H11-,38,39,40,41,42,45,46,47,48,56,57,58,59,60,61,62,63,64,65)/p+1/t15-,16-,17-,18-,22-,23-,24-,25-,26-,33-,34-,35-/m1/s1. The average Bonchev–Trinajstić information content (AvgIpc) is 4.30. The van der Waals surface area contributed by atoms with Crippen molar-refractivity contribution in [3.63, 3.8) is 0 Å². The maximum absolute atomic E-state index is 13.7. The van der Waals surface area contributed by atoms with Gasteiger partial charge < -0.3 is 80.3 Å². The number of fused-ring (bicyclic) bond motifs is 3. The minimum Gasteiger partial charge on any atom is -0.387 e. The average molecular weight is 1200 g/mol. The highest BCUT2D eigenvalue weighted by Gasteiger charge is 2.53. The van der Waals surface area contributed by atoms with Gasteiger partial charge in [-0.2, -0.15) is 4.98 Å². The lowest BCUT2D eigenvalue weighted by Gasteiger charge is -2.26. The monoisotopic (exact) mass is 1200 g/mol. The lowest BCUT2D eigenvalue weighted by Crippen LogP contribution is -2.45. The fourth-order valence-electron chi connectivity index (χ4n) is 9.23. The van der Waals surface area contributed by atoms with Gasteiger partial charge in [0.2, 0.25) is 17.7 Å². The fourth-order valence-corrected chi connectivity index (χ4v) is 14.9. The Morgan fingerprint density at radius 2 is 1.34 bits per heavy atom. The van der Waals surface area contributed by atoms with Crippen LogP contribution in [-0.4, -0.2) is 190 Å². The van der Waals surface area contributed by atoms with E-state index in [1.807, 2.05) is 0 Å². The molecule has 16 atom stereocenters. The van der Waals surface area contributed by atoms with Gasteiger partial charge >= 0.3 is 36.5 Å². The summed E-state index contributed by atoms with van der Waals surface area (Å²) in [4.78, 5) is 97.3. The van der Waals surface area contributed by atoms with Crippen LogP contribution in [0.4, 0.5) is 17.7 Å². The fraction of sp³-hybridized carbons (Fsp3) is 0.595. The summed E-state index contributed by atoms with van der Waals surface area (Å²) in [6.45, 7) is -2.68. The molecule has 0 amide bonds. The lowest BCUT2D eigenvalue weighted by molar-refractivity contribution is -0.745. The van der Waals surface area contributed by atoms with Crippen molar-refractivity contribution in [1.82, 2.24) is 53.6 Å². The third-order valence-electron chi connectivity index (χ3n) is 12.9. The summed E-state index contributed by atoms with van der Waals surface area (Å²) in [5.41, 5.74) is 16.1. The number of aromatic amines is 2. The summed E-state index contributed by atoms with van der Waals surface area (Å²) < 4.78 is 113. The predicted octanol–water partition coefficient (Wildman–Crippen LogP) is -3.27. The number of anilines is 3. The van der Waals surface area contributed by atoms with Gasteiger partial charge in [0.25, 0.3) is 17.1 Å². The maximum Gasteiger partial charge on any atom is 0.479 e. The predicted molar refractivity (Wildman–Crippen MR) is 262 cm³/mol. The molecule has 3 aliphatic heterocycles. The molecular weight excluding hydrogens is 1150 g/mol. The number of hydrogen-bond acceptors (Lipinski definition) is 28. The Labute approximate surface area is 441 Å². The molecule has 6 aromatic heterocycles. The zero-order valence-electron chi connectivity index (χ0n) is 41.3. The van der Waals surface area contributed by atoms with E-state index < -0.39 is 148 Å². The van der Waals surface area contributed by atoms with Crippen molar-refractivity contribution >= 4 is 82.0 Å². The topological polar surface area (TPSA) is 542 Å². The van der Waals surface area contributed by atoms with E-state index in [0.717, 1.165) is 24.3 Å². The number of nitrogens with one attached hydrogen (secondary N) is 2. The quantitative estimate of drug-likeness (QED) is 0.0221. The summed E-state index contributed by atoms with van der Waals surface area (Å²) in [6, 6.07) is 0. The van der Waals surface area contributed by atoms with Crippen LogP contribution in [0.5, 0.6) is 0 Å². The zero-order chi connectivity index (χ0) is 57.1. The number of aliphatic hydroxyl groups excluding tert-OH is 3. The number of nitrogens with zero attached hydrogens (tertiary/aromatic N) is 10. The molecule has 3 saturated heterocycles. The summed E-state index contributed by atoms with van der Waals surface area (Å²) in [5, 5.41) is 33.2. The van der Waals surface area contributed by atoms with Crippen molar-refractivity contribution in [1.29, 1.82) is 0 Å². The number of ether oxygens (including phenoxy) is 5. The Morgan fingerprint density at radius 3 is 2.06 bits per heavy atom. The van der Waals surface area contributed by atoms with E-state index in [2.05, 4.69) is 44.2 Å². The molecule has 3 aliphatic rings. The van der Waals surface area contributed by atoms with E-state index in [0.29, 0.717) is 0 Å². The van der Waals surface area contributed by atoms with E-state index in [1.54, 1.807) is 0 Å². The van der Waals surface area contributed by atoms with E-state index in [-0.39, 0.29) is 64.2 Å². The van der Waals surface area contributed by atoms with Gasteiger partial charge in [0.05, 0.1) is 58.0 Å². The van der Waals surface area contributed by atoms with Crippen LogP contribution in [0.25, 0.3) is 33.5 Å². The Hall–Kier alpha value is -5.11. The number of imidazole rings is 3. The second-order valence-electron chi connectivity index (χ2n) is 18.1. The Kier molecular flexibility index (Phi) is 16.8. The van der Waals surface area contributed by atoms with Crippen molar-refractivity contribution in [3.8, 4) is 0 Å². The molecule has 0 bridgehead atoms. The van der Waals surface area contributed by atoms with Gasteiger partial charge in [0.1, 0.15) is 54.6 Å². The molecule has 79 heavy (non-hydrogen) atoms. The molecule has 6 aromatic rings. The summed E-state index contributed by atoms with van der Waals surface area (Å²) in [6.07, 6.45) is -14.2. The van der Waals surface area contributed by atoms with Gasteiger partial charge in [0.15, 0.2) is 41.4 Å². The van der Waals surface area contributed by atoms with Crippen LogP contribution < -0.4 is 32.9 Å². The van der Waals surface area contributed by atoms with Gasteiger partial charge in [-0.1, -0.05) is 4.98 Å². The van der Waals surface area contributed by atoms with E-state index in [4.69, 9.17) is 59.0 Å². The number of nitrogens with two attached hydrogens (primary N) is 3. The molecule has 9 rings (SSSR count). The number of rotatable bonds is 23. The van der Waals surface area contributed by atoms with Crippen LogP contribution >= 0.6 is 30.8 Å². The van der Waals surface area contributed by atoms with Crippen LogP contribution in [0, 0.1) is 5.92 Å². The number of H-pyrrole nitrogens is 2. The number of phosphoric ester groups is 2. The summed E-state index contributed by atoms with van der Waals surface area (Å²) in [5.74, 6) is -1.45. The van der Waals surface area contributed by atoms with Crippen LogP contribution in [0.15, 0.2) is 34.9 Å². The van der Waals surface area contributed by atoms with Crippen LogP contribution in [0.2, 0.25) is 0 Å². The number of aliphatic hydroxyl groups is 3. The first kappa shape index (κ1) is 58.5. The van der Waals surface area contributed by atoms with Gasteiger partial charge in [-0.3, -0.25) is 56.0 Å². The minimum absolute atomic E-state index is 0.0278. The lowest BCUT2D eigenvalue weighted by atomic mass is 9.95. The Balaban J connectivity index is 0.849. The van der Waals surface area contributed by atoms with E-state index in [9.17, 15) is 62.7 Å². The van der Waals surface area contributed by atoms with Gasteiger partial charge in [-0.05, 0) is 6.42 Å². The summed E-state index contributed by atoms with van der Waals surface area (Å²) >= 11 is 0. The molecule has 42 heteroatoms. The second kappa shape index (κ2) is 22.7. The van der Waals surface area contributed by atoms with Crippen LogP contribution in [0.1, 0.15) is 25.1 Å². The van der Waals surface area contributed by atoms with Crippen molar-refractivity contribution in [2.75, 3.05) is 70.2 Å². The van der Waals surface area contributed by atoms with Crippen LogP contribution in [-0.2, 0) is 71.4 Å². The molecule has 9 heterocycles. The third-order valence-corrected chi connectivity index (χ3v) is 18.7. The Bertz CT molecular complexity index is 3550. The van der Waals surface area contributed by atoms with Gasteiger partial charge in [0, 0.05) is 26.7 Å². The minimum atomic E-state index is -5.53. The Morgan fingerprint density at radius 1 is 0.709 bits per heavy atom. The molecular formula is C37H54N15O23P4+. The zero-order valence-corrected chi connectivity index (χ0v) is 44.9. The molecule has 15 N–H and O–H groups in total. The second-order valence-corrected chi connectivity index (χ2v) is 25.1. The number of hydrogen-bond donors (Lipinski definition) is 12. The first-order chi connectivity index (χ1) is 37.2. The highest BCUT2D eigenvalue weighted by molar-refractivity contribution is 7.64. The number of aromatic nitrogens is 12. The molecule has 0 aliphatic carbocycles. The number of phosphoric acid groups is 2. The first-order valence-corrected chi connectivity index (χ1v) is 29.8. The van der Waals surface area contributed by atoms with Crippen molar-refractivity contribution in [3.05, 3.63) is 46.0 Å². The number of nitrogen functional groups attached to an aromatic ring is 3. The number of methoxy groups -OCH3 is 2. The van der Waals surface area contributed by atoms with E-state index >= 15 is 0 Å². The normalized spacial score (nSPS) is 29.5. The van der Waals surface area contributed by atoms with Crippen molar-refractivity contribution in [2.45, 2.75) is 73.9 Å². The molecule has 38 nitrogen and oxygen atoms in total. The van der Waals surface area contributed by atoms with Gasteiger partial charge in [-0.25, -0.2) is 37.9 Å². The molecule has 0 aromatic carbocycles. The first-order valence-electron chi connectivity index (χ1n) is 23.3. The highest BCUT2D eigenvalue weighted by Crippen LogP contribution is 2.62. The van der Waals surface area contributed by atoms with Crippen molar-refractivity contribution < 1.29 is 104 Å². The summed E-state index contributed by atoms with van der Waals surface area (Å²) in [7, 11) is -17.2. The smallest absolute Gasteiger partial charge is 0.387 e. The molecule has 4 unspecified atom stereocenters. The SMILES string of the molecule is COCC[C@H]1[C@@H](O)[C@H]([n+]2cn(C)c3c(=O)[nH]c(N)nc32)O[C@@H]1COP(=O)(O)OP(=O)(O)CCP(=O)(O)OC[C@H]1O[C@@H](n2cnc3c(N)ncnc32)[C@H](OC)[C@@H]1OP(=O)(O)OC[C@H]1O[C@@H](n2cnc3c(=O)[nH]c(N)nc32)[C@H](O)[C@@H]1O. The maximum atomic E-state index is 13.7. The highest BCUT2D eigenvalue weighted by atomic mass is 31.3. The van der Waals surface area contributed by atoms with Crippen molar-refractivity contribution in [2.24, 2.45) is 13.0 Å². The largest absolute Gasteiger partial charge is 0.479 e. The molecule has 0 saturated carbocycles. The van der Waals surface area contributed by atoms with Crippen LogP contribution in [0.3, 0.4) is 0 Å². The van der Waals surface area contributed by atoms with Gasteiger partial charge in [-0.15, -0.1) is 0 Å². The number of aryl methyl sites for hydroxylation is 1. The molecule has 0 spiro atoms. The molecule has 434 valence electrons. The molecule has 0 radical (unpaired) electrons. The third kappa shape index (κ3) is 12.3. The molecule has 3 fully saturated rings.